The Bertz CT molecular complexity index is 931. The number of non-ortho nitro benzene ring substituents is 1. The van der Waals surface area contributed by atoms with Gasteiger partial charge in [0.05, 0.1) is 41.7 Å². The summed E-state index contributed by atoms with van der Waals surface area (Å²) >= 11 is 2.25. The maximum atomic E-state index is 12.9. The van der Waals surface area contributed by atoms with E-state index in [-0.39, 0.29) is 28.1 Å². The Morgan fingerprint density at radius 3 is 2.83 bits per heavy atom. The zero-order valence-corrected chi connectivity index (χ0v) is 17.7. The highest BCUT2D eigenvalue weighted by Crippen LogP contribution is 2.29. The maximum absolute atomic E-state index is 12.9. The second kappa shape index (κ2) is 10.3. The number of ether oxygens (including phenoxy) is 2. The van der Waals surface area contributed by atoms with Gasteiger partial charge < -0.3 is 14.4 Å². The molecule has 0 radical (unpaired) electrons. The maximum Gasteiger partial charge on any atom is 0.316 e. The topological polar surface area (TPSA) is 137 Å². The number of amides is 1. The average Bonchev–Trinajstić information content (AvgIpc) is 3.20. The molecule has 1 aromatic carbocycles. The molecular formula is C17H19N5O6S2. The lowest BCUT2D eigenvalue weighted by Crippen LogP contribution is -2.37. The Hall–Kier alpha value is -2.77. The molecule has 1 fully saturated rings. The first-order valence-corrected chi connectivity index (χ1v) is 10.8. The molecule has 1 aliphatic heterocycles. The summed E-state index contributed by atoms with van der Waals surface area (Å²) in [5.74, 6) is -0.809. The van der Waals surface area contributed by atoms with Gasteiger partial charge in [-0.3, -0.25) is 25.0 Å². The second-order valence-corrected chi connectivity index (χ2v) is 8.18. The van der Waals surface area contributed by atoms with Crippen LogP contribution in [0.1, 0.15) is 17.3 Å². The first kappa shape index (κ1) is 21.9. The number of esters is 1. The van der Waals surface area contributed by atoms with Crippen LogP contribution in [0.5, 0.6) is 0 Å². The van der Waals surface area contributed by atoms with Gasteiger partial charge in [0.2, 0.25) is 5.13 Å². The van der Waals surface area contributed by atoms with Crippen LogP contribution in [0.25, 0.3) is 0 Å². The Kier molecular flexibility index (Phi) is 7.54. The standard InChI is InChI=1S/C17H19N5O6S2/c1-2-28-14(23)10-29-17-20-19-16(30-17)18-15(24)12-9-11(22(25)26)3-4-13(12)21-5-7-27-8-6-21/h3-4,9H,2,5-8,10H2,1H3,(H,18,19,24). The molecule has 1 aromatic heterocycles. The van der Waals surface area contributed by atoms with Crippen molar-refractivity contribution in [3.63, 3.8) is 0 Å². The summed E-state index contributed by atoms with van der Waals surface area (Å²) in [5.41, 5.74) is 0.574. The van der Waals surface area contributed by atoms with E-state index in [9.17, 15) is 19.7 Å². The molecule has 1 N–H and O–H groups in total. The number of hydrogen-bond donors (Lipinski definition) is 1. The summed E-state index contributed by atoms with van der Waals surface area (Å²) in [6.07, 6.45) is 0. The van der Waals surface area contributed by atoms with Crippen LogP contribution in [0.2, 0.25) is 0 Å². The molecule has 160 valence electrons. The number of anilines is 2. The van der Waals surface area contributed by atoms with Crippen molar-refractivity contribution in [1.82, 2.24) is 10.2 Å². The third-order valence-electron chi connectivity index (χ3n) is 4.03. The molecule has 0 aliphatic carbocycles. The number of nitro benzene ring substituents is 1. The molecule has 1 amide bonds. The van der Waals surface area contributed by atoms with Gasteiger partial charge in [-0.15, -0.1) is 10.2 Å². The zero-order valence-electron chi connectivity index (χ0n) is 16.0. The molecule has 11 nitrogen and oxygen atoms in total. The van der Waals surface area contributed by atoms with Gasteiger partial charge in [0.1, 0.15) is 0 Å². The third kappa shape index (κ3) is 5.64. The largest absolute Gasteiger partial charge is 0.465 e. The number of carbonyl (C=O) groups is 2. The number of hydrogen-bond acceptors (Lipinski definition) is 11. The fraction of sp³-hybridized carbons (Fsp3) is 0.412. The third-order valence-corrected chi connectivity index (χ3v) is 5.98. The molecule has 1 saturated heterocycles. The van der Waals surface area contributed by atoms with Crippen molar-refractivity contribution in [2.45, 2.75) is 11.3 Å². The van der Waals surface area contributed by atoms with Gasteiger partial charge in [-0.1, -0.05) is 23.1 Å². The number of carbonyl (C=O) groups excluding carboxylic acids is 2. The summed E-state index contributed by atoms with van der Waals surface area (Å²) < 4.78 is 10.7. The van der Waals surface area contributed by atoms with Gasteiger partial charge >= 0.3 is 5.97 Å². The monoisotopic (exact) mass is 453 g/mol. The smallest absolute Gasteiger partial charge is 0.316 e. The van der Waals surface area contributed by atoms with Gasteiger partial charge in [0, 0.05) is 25.2 Å². The Morgan fingerprint density at radius 2 is 2.13 bits per heavy atom. The van der Waals surface area contributed by atoms with Crippen molar-refractivity contribution < 1.29 is 24.0 Å². The molecular weight excluding hydrogens is 434 g/mol. The van der Waals surface area contributed by atoms with E-state index >= 15 is 0 Å². The number of rotatable bonds is 8. The van der Waals surface area contributed by atoms with Gasteiger partial charge in [-0.25, -0.2) is 0 Å². The first-order valence-electron chi connectivity index (χ1n) is 9.02. The van der Waals surface area contributed by atoms with Crippen molar-refractivity contribution in [3.8, 4) is 0 Å². The van der Waals surface area contributed by atoms with Gasteiger partial charge in [-0.05, 0) is 13.0 Å². The molecule has 0 spiro atoms. The number of benzene rings is 1. The van der Waals surface area contributed by atoms with Crippen molar-refractivity contribution in [2.75, 3.05) is 48.9 Å². The van der Waals surface area contributed by atoms with Crippen LogP contribution in [0.15, 0.2) is 22.5 Å². The van der Waals surface area contributed by atoms with E-state index in [2.05, 4.69) is 15.5 Å². The summed E-state index contributed by atoms with van der Waals surface area (Å²) in [6, 6.07) is 4.19. The SMILES string of the molecule is CCOC(=O)CSc1nnc(NC(=O)c2cc([N+](=O)[O-])ccc2N2CCOCC2)s1. The Labute approximate surface area is 179 Å². The van der Waals surface area contributed by atoms with E-state index < -0.39 is 10.8 Å². The summed E-state index contributed by atoms with van der Waals surface area (Å²) in [7, 11) is 0. The summed E-state index contributed by atoms with van der Waals surface area (Å²) in [5, 5.41) is 21.9. The Balaban J connectivity index is 1.74. The van der Waals surface area contributed by atoms with E-state index in [1.54, 1.807) is 13.0 Å². The van der Waals surface area contributed by atoms with Crippen LogP contribution in [0, 0.1) is 10.1 Å². The molecule has 0 unspecified atom stereocenters. The minimum Gasteiger partial charge on any atom is -0.465 e. The predicted molar refractivity (Wildman–Crippen MR) is 111 cm³/mol. The van der Waals surface area contributed by atoms with E-state index in [4.69, 9.17) is 9.47 Å². The van der Waals surface area contributed by atoms with Crippen molar-refractivity contribution in [1.29, 1.82) is 0 Å². The lowest BCUT2D eigenvalue weighted by molar-refractivity contribution is -0.384. The quantitative estimate of drug-likeness (QED) is 0.208. The van der Waals surface area contributed by atoms with Crippen molar-refractivity contribution in [2.24, 2.45) is 0 Å². The average molecular weight is 454 g/mol. The highest BCUT2D eigenvalue weighted by atomic mass is 32.2. The first-order chi connectivity index (χ1) is 14.5. The fourth-order valence-electron chi connectivity index (χ4n) is 2.71. The van der Waals surface area contributed by atoms with Crippen LogP contribution in [0.4, 0.5) is 16.5 Å². The molecule has 13 heteroatoms. The number of morpholine rings is 1. The summed E-state index contributed by atoms with van der Waals surface area (Å²) in [4.78, 5) is 36.9. The van der Waals surface area contributed by atoms with E-state index in [1.807, 2.05) is 4.90 Å². The molecule has 0 saturated carbocycles. The van der Waals surface area contributed by atoms with Crippen LogP contribution < -0.4 is 10.2 Å². The molecule has 0 atom stereocenters. The molecule has 2 heterocycles. The molecule has 30 heavy (non-hydrogen) atoms. The van der Waals surface area contributed by atoms with Gasteiger partial charge in [-0.2, -0.15) is 0 Å². The number of thioether (sulfide) groups is 1. The zero-order chi connectivity index (χ0) is 21.5. The molecule has 0 bridgehead atoms. The van der Waals surface area contributed by atoms with Crippen LogP contribution >= 0.6 is 23.1 Å². The molecule has 1 aliphatic rings. The van der Waals surface area contributed by atoms with Crippen LogP contribution in [-0.4, -0.2) is 65.7 Å². The number of nitrogens with one attached hydrogen (secondary N) is 1. The number of nitrogens with zero attached hydrogens (tertiary/aromatic N) is 4. The number of nitro groups is 1. The Morgan fingerprint density at radius 1 is 1.37 bits per heavy atom. The lowest BCUT2D eigenvalue weighted by atomic mass is 10.1. The van der Waals surface area contributed by atoms with Gasteiger partial charge in [0.25, 0.3) is 11.6 Å². The molecule has 3 rings (SSSR count). The highest BCUT2D eigenvalue weighted by molar-refractivity contribution is 8.01. The van der Waals surface area contributed by atoms with E-state index in [1.165, 1.54) is 12.1 Å². The van der Waals surface area contributed by atoms with Crippen molar-refractivity contribution in [3.05, 3.63) is 33.9 Å². The second-order valence-electron chi connectivity index (χ2n) is 5.98. The number of aromatic nitrogens is 2. The lowest BCUT2D eigenvalue weighted by Gasteiger charge is -2.30. The van der Waals surface area contributed by atoms with Crippen molar-refractivity contribution >= 4 is 51.5 Å². The van der Waals surface area contributed by atoms with Crippen LogP contribution in [-0.2, 0) is 14.3 Å². The minimum atomic E-state index is -0.547. The van der Waals surface area contributed by atoms with E-state index in [0.29, 0.717) is 42.9 Å². The molecule has 2 aromatic rings. The summed E-state index contributed by atoms with van der Waals surface area (Å²) in [6.45, 7) is 4.19. The van der Waals surface area contributed by atoms with E-state index in [0.717, 1.165) is 23.1 Å². The minimum absolute atomic E-state index is 0.0858. The normalized spacial score (nSPS) is 13.7. The highest BCUT2D eigenvalue weighted by Gasteiger charge is 2.23. The predicted octanol–water partition coefficient (Wildman–Crippen LogP) is 2.19. The van der Waals surface area contributed by atoms with Crippen LogP contribution in [0.3, 0.4) is 0 Å². The fourth-order valence-corrected chi connectivity index (χ4v) is 4.25. The van der Waals surface area contributed by atoms with Gasteiger partial charge in [0.15, 0.2) is 4.34 Å².